The first-order chi connectivity index (χ1) is 20.2. The summed E-state index contributed by atoms with van der Waals surface area (Å²) in [5.74, 6) is 0. The molecule has 0 spiro atoms. The van der Waals surface area contributed by atoms with E-state index in [1.165, 1.54) is 11.1 Å². The van der Waals surface area contributed by atoms with E-state index in [1.54, 1.807) is 14.7 Å². The van der Waals surface area contributed by atoms with E-state index in [0.29, 0.717) is 32.7 Å². The van der Waals surface area contributed by atoms with Crippen LogP contribution in [0.4, 0.5) is 14.4 Å². The van der Waals surface area contributed by atoms with Crippen molar-refractivity contribution in [3.05, 3.63) is 41.0 Å². The van der Waals surface area contributed by atoms with Crippen molar-refractivity contribution < 1.29 is 28.6 Å². The van der Waals surface area contributed by atoms with Gasteiger partial charge >= 0.3 is 18.3 Å². The minimum absolute atomic E-state index is 0.216. The van der Waals surface area contributed by atoms with E-state index in [1.807, 2.05) is 68.4 Å². The Kier molecular flexibility index (Phi) is 12.7. The molecule has 1 saturated heterocycles. The predicted molar refractivity (Wildman–Crippen MR) is 175 cm³/mol. The molecule has 2 rings (SSSR count). The van der Waals surface area contributed by atoms with Gasteiger partial charge in [0.2, 0.25) is 0 Å². The van der Waals surface area contributed by atoms with Crippen LogP contribution in [0.25, 0.3) is 6.08 Å². The average molecular weight is 617 g/mol. The highest BCUT2D eigenvalue weighted by atomic mass is 16.6. The summed E-state index contributed by atoms with van der Waals surface area (Å²) >= 11 is 0. The molecule has 44 heavy (non-hydrogen) atoms. The lowest BCUT2D eigenvalue weighted by Crippen LogP contribution is -2.51. The fraction of sp³-hybridized carbons (Fsp3) is 0.676. The van der Waals surface area contributed by atoms with Gasteiger partial charge in [0.25, 0.3) is 0 Å². The maximum Gasteiger partial charge on any atom is 0.410 e. The first-order valence-electron chi connectivity index (χ1n) is 15.6. The molecule has 1 fully saturated rings. The highest BCUT2D eigenvalue weighted by molar-refractivity contribution is 5.70. The van der Waals surface area contributed by atoms with E-state index in [0.717, 1.165) is 11.1 Å². The van der Waals surface area contributed by atoms with Crippen LogP contribution in [0.2, 0.25) is 0 Å². The monoisotopic (exact) mass is 616 g/mol. The topological polar surface area (TPSA) is 91.9 Å². The van der Waals surface area contributed by atoms with Gasteiger partial charge in [-0.15, -0.1) is 0 Å². The molecule has 1 aromatic rings. The third-order valence-corrected chi connectivity index (χ3v) is 7.08. The molecule has 10 heteroatoms. The van der Waals surface area contributed by atoms with Crippen molar-refractivity contribution in [3.63, 3.8) is 0 Å². The van der Waals surface area contributed by atoms with Gasteiger partial charge in [0.15, 0.2) is 0 Å². The van der Waals surface area contributed by atoms with Crippen LogP contribution in [-0.4, -0.2) is 107 Å². The van der Waals surface area contributed by atoms with Crippen molar-refractivity contribution >= 4 is 24.4 Å². The number of rotatable bonds is 3. The summed E-state index contributed by atoms with van der Waals surface area (Å²) in [5, 5.41) is 0. The molecule has 3 amide bonds. The SMILES string of the molecule is C=Cc1c(CN2CCN(C(=O)OC(C)(C)C)CCN(C(=O)OC(C)(C)C)CCN(C(=O)OC(C)(C)C)CC2)ccc(C)c1C. The summed E-state index contributed by atoms with van der Waals surface area (Å²) in [5.41, 5.74) is 2.56. The maximum atomic E-state index is 13.3. The van der Waals surface area contributed by atoms with Gasteiger partial charge < -0.3 is 28.9 Å². The van der Waals surface area contributed by atoms with E-state index in [-0.39, 0.29) is 26.2 Å². The fourth-order valence-corrected chi connectivity index (χ4v) is 4.70. The normalized spacial score (nSPS) is 16.5. The molecule has 1 aliphatic heterocycles. The molecule has 0 saturated carbocycles. The number of nitrogens with zero attached hydrogens (tertiary/aromatic N) is 4. The van der Waals surface area contributed by atoms with Crippen LogP contribution in [0.15, 0.2) is 18.7 Å². The summed E-state index contributed by atoms with van der Waals surface area (Å²) in [6, 6.07) is 4.23. The number of ether oxygens (including phenoxy) is 3. The highest BCUT2D eigenvalue weighted by Crippen LogP contribution is 2.22. The summed E-state index contributed by atoms with van der Waals surface area (Å²) in [4.78, 5) is 47.0. The van der Waals surface area contributed by atoms with E-state index in [4.69, 9.17) is 14.2 Å². The van der Waals surface area contributed by atoms with E-state index < -0.39 is 35.1 Å². The van der Waals surface area contributed by atoms with Gasteiger partial charge in [-0.25, -0.2) is 14.4 Å². The number of amides is 3. The third-order valence-electron chi connectivity index (χ3n) is 7.08. The lowest BCUT2D eigenvalue weighted by molar-refractivity contribution is 0.00449. The van der Waals surface area contributed by atoms with Crippen LogP contribution in [0, 0.1) is 13.8 Å². The zero-order valence-electron chi connectivity index (χ0n) is 29.0. The van der Waals surface area contributed by atoms with Gasteiger partial charge in [0, 0.05) is 58.9 Å². The largest absolute Gasteiger partial charge is 0.444 e. The van der Waals surface area contributed by atoms with Gasteiger partial charge in [-0.2, -0.15) is 0 Å². The summed E-state index contributed by atoms with van der Waals surface area (Å²) in [6.07, 6.45) is 0.509. The zero-order valence-corrected chi connectivity index (χ0v) is 29.0. The average Bonchev–Trinajstić information content (AvgIpc) is 2.84. The van der Waals surface area contributed by atoms with Crippen LogP contribution in [0.3, 0.4) is 0 Å². The predicted octanol–water partition coefficient (Wildman–Crippen LogP) is 6.47. The molecule has 0 bridgehead atoms. The van der Waals surface area contributed by atoms with Crippen molar-refractivity contribution in [1.29, 1.82) is 0 Å². The highest BCUT2D eigenvalue weighted by Gasteiger charge is 2.29. The Bertz CT molecular complexity index is 1120. The van der Waals surface area contributed by atoms with Crippen molar-refractivity contribution in [2.45, 2.75) is 99.5 Å². The Labute approximate surface area is 265 Å². The van der Waals surface area contributed by atoms with Crippen molar-refractivity contribution in [1.82, 2.24) is 19.6 Å². The first-order valence-corrected chi connectivity index (χ1v) is 15.6. The van der Waals surface area contributed by atoms with Crippen LogP contribution in [0.1, 0.15) is 84.6 Å². The third kappa shape index (κ3) is 12.4. The molecule has 1 heterocycles. The van der Waals surface area contributed by atoms with Crippen LogP contribution >= 0.6 is 0 Å². The van der Waals surface area contributed by atoms with E-state index in [2.05, 4.69) is 37.5 Å². The van der Waals surface area contributed by atoms with Gasteiger partial charge in [-0.3, -0.25) is 4.90 Å². The Morgan fingerprint density at radius 3 is 1.32 bits per heavy atom. The Morgan fingerprint density at radius 2 is 1.00 bits per heavy atom. The Hall–Kier alpha value is -3.27. The molecule has 0 N–H and O–H groups in total. The molecule has 0 aromatic heterocycles. The number of carbonyl (C=O) groups excluding carboxylic acids is 3. The fourth-order valence-electron chi connectivity index (χ4n) is 4.70. The van der Waals surface area contributed by atoms with Crippen molar-refractivity contribution in [2.75, 3.05) is 52.4 Å². The van der Waals surface area contributed by atoms with Gasteiger partial charge in [-0.1, -0.05) is 24.8 Å². The number of carbonyl (C=O) groups is 3. The van der Waals surface area contributed by atoms with Gasteiger partial charge in [0.1, 0.15) is 16.8 Å². The Balaban J connectivity index is 2.46. The zero-order chi connectivity index (χ0) is 33.5. The summed E-state index contributed by atoms with van der Waals surface area (Å²) in [7, 11) is 0. The molecule has 0 aliphatic carbocycles. The molecule has 0 unspecified atom stereocenters. The molecule has 0 radical (unpaired) electrons. The standard InChI is InChI=1S/C34H56N4O6/c1-13-28-26(3)25(2)14-15-27(28)24-35-16-18-36(29(39)42-32(4,5)6)20-22-38(31(41)44-34(10,11)12)23-21-37(19-17-35)30(40)43-33(7,8)9/h13-15H,1,16-24H2,2-12H3. The summed E-state index contributed by atoms with van der Waals surface area (Å²) < 4.78 is 17.2. The molecular formula is C34H56N4O6. The molecule has 248 valence electrons. The minimum atomic E-state index is -0.699. The van der Waals surface area contributed by atoms with Gasteiger partial charge in [-0.05, 0) is 98.4 Å². The second-order valence-electron chi connectivity index (χ2n) is 14.5. The lowest BCUT2D eigenvalue weighted by atomic mass is 9.97. The van der Waals surface area contributed by atoms with Crippen molar-refractivity contribution in [3.8, 4) is 0 Å². The van der Waals surface area contributed by atoms with Gasteiger partial charge in [0.05, 0.1) is 0 Å². The molecule has 10 nitrogen and oxygen atoms in total. The second kappa shape index (κ2) is 15.1. The molecular weight excluding hydrogens is 560 g/mol. The number of hydrogen-bond acceptors (Lipinski definition) is 7. The minimum Gasteiger partial charge on any atom is -0.444 e. The number of hydrogen-bond donors (Lipinski definition) is 0. The number of aryl methyl sites for hydroxylation is 1. The summed E-state index contributed by atoms with van der Waals surface area (Å²) in [6.45, 7) is 28.0. The van der Waals surface area contributed by atoms with Crippen LogP contribution in [0.5, 0.6) is 0 Å². The van der Waals surface area contributed by atoms with Crippen molar-refractivity contribution in [2.24, 2.45) is 0 Å². The lowest BCUT2D eigenvalue weighted by Gasteiger charge is -2.36. The van der Waals surface area contributed by atoms with Crippen LogP contribution < -0.4 is 0 Å². The van der Waals surface area contributed by atoms with E-state index >= 15 is 0 Å². The maximum absolute atomic E-state index is 13.3. The first kappa shape index (κ1) is 36.9. The smallest absolute Gasteiger partial charge is 0.410 e. The second-order valence-corrected chi connectivity index (χ2v) is 14.5. The molecule has 1 aliphatic rings. The van der Waals surface area contributed by atoms with Crippen LogP contribution in [-0.2, 0) is 20.8 Å². The number of benzene rings is 1. The Morgan fingerprint density at radius 1 is 0.659 bits per heavy atom. The quantitative estimate of drug-likeness (QED) is 0.359. The molecule has 0 atom stereocenters. The van der Waals surface area contributed by atoms with E-state index in [9.17, 15) is 14.4 Å². The molecule has 1 aromatic carbocycles.